The van der Waals surface area contributed by atoms with Gasteiger partial charge in [-0.3, -0.25) is 9.59 Å². The lowest BCUT2D eigenvalue weighted by atomic mass is 10.0. The number of hydrogen-bond donors (Lipinski definition) is 2. The van der Waals surface area contributed by atoms with Crippen LogP contribution in [0, 0.1) is 5.92 Å². The molecule has 0 bridgehead atoms. The number of aliphatic carboxylic acids is 1. The van der Waals surface area contributed by atoms with E-state index in [-0.39, 0.29) is 18.0 Å². The molecule has 5 nitrogen and oxygen atoms in total. The quantitative estimate of drug-likeness (QED) is 0.778. The van der Waals surface area contributed by atoms with Crippen molar-refractivity contribution in [1.82, 2.24) is 10.2 Å². The summed E-state index contributed by atoms with van der Waals surface area (Å²) in [6, 6.07) is 0.0681. The molecule has 0 spiro atoms. The maximum atomic E-state index is 12.2. The van der Waals surface area contributed by atoms with Crippen LogP contribution in [0.15, 0.2) is 0 Å². The van der Waals surface area contributed by atoms with E-state index in [4.69, 9.17) is 5.11 Å². The SMILES string of the molecule is CC1C(C(=O)O)CCN1C(=O)CC1CSCCN1. The Morgan fingerprint density at radius 3 is 2.83 bits per heavy atom. The summed E-state index contributed by atoms with van der Waals surface area (Å²) in [7, 11) is 0. The van der Waals surface area contributed by atoms with Gasteiger partial charge < -0.3 is 15.3 Å². The van der Waals surface area contributed by atoms with Gasteiger partial charge in [0.1, 0.15) is 0 Å². The second-order valence-corrected chi connectivity index (χ2v) is 6.14. The first-order valence-corrected chi connectivity index (χ1v) is 7.58. The standard InChI is InChI=1S/C12H20N2O3S/c1-8-10(12(16)17)2-4-14(8)11(15)6-9-7-18-5-3-13-9/h8-10,13H,2-7H2,1H3,(H,16,17). The Labute approximate surface area is 111 Å². The van der Waals surface area contributed by atoms with E-state index in [1.165, 1.54) is 0 Å². The highest BCUT2D eigenvalue weighted by molar-refractivity contribution is 7.99. The molecular formula is C12H20N2O3S. The third kappa shape index (κ3) is 2.98. The monoisotopic (exact) mass is 272 g/mol. The van der Waals surface area contributed by atoms with E-state index in [2.05, 4.69) is 5.32 Å². The fourth-order valence-corrected chi connectivity index (χ4v) is 3.65. The number of rotatable bonds is 3. The molecule has 1 amide bonds. The smallest absolute Gasteiger partial charge is 0.308 e. The molecule has 0 aromatic carbocycles. The van der Waals surface area contributed by atoms with Gasteiger partial charge in [-0.05, 0) is 13.3 Å². The molecule has 18 heavy (non-hydrogen) atoms. The van der Waals surface area contributed by atoms with Crippen LogP contribution in [0.25, 0.3) is 0 Å². The van der Waals surface area contributed by atoms with Gasteiger partial charge in [-0.25, -0.2) is 0 Å². The average molecular weight is 272 g/mol. The number of carboxylic acid groups (broad SMARTS) is 1. The van der Waals surface area contributed by atoms with Crippen molar-refractivity contribution in [2.45, 2.75) is 31.8 Å². The summed E-state index contributed by atoms with van der Waals surface area (Å²) in [6.07, 6.45) is 1.07. The lowest BCUT2D eigenvalue weighted by Crippen LogP contribution is -2.44. The van der Waals surface area contributed by atoms with Gasteiger partial charge in [0.2, 0.25) is 5.91 Å². The van der Waals surface area contributed by atoms with Crippen molar-refractivity contribution in [2.75, 3.05) is 24.6 Å². The van der Waals surface area contributed by atoms with E-state index >= 15 is 0 Å². The minimum atomic E-state index is -0.788. The predicted molar refractivity (Wildman–Crippen MR) is 70.7 cm³/mol. The normalized spacial score (nSPS) is 32.5. The highest BCUT2D eigenvalue weighted by Gasteiger charge is 2.38. The van der Waals surface area contributed by atoms with E-state index in [1.54, 1.807) is 4.90 Å². The fraction of sp³-hybridized carbons (Fsp3) is 0.833. The molecule has 0 aromatic rings. The van der Waals surface area contributed by atoms with Crippen LogP contribution in [0.4, 0.5) is 0 Å². The molecule has 0 saturated carbocycles. The lowest BCUT2D eigenvalue weighted by Gasteiger charge is -2.28. The summed E-state index contributed by atoms with van der Waals surface area (Å²) in [5.74, 6) is 0.973. The zero-order valence-corrected chi connectivity index (χ0v) is 11.4. The number of carboxylic acids is 1. The van der Waals surface area contributed by atoms with Gasteiger partial charge in [0.25, 0.3) is 0 Å². The first-order chi connectivity index (χ1) is 8.59. The van der Waals surface area contributed by atoms with Gasteiger partial charge in [0, 0.05) is 43.1 Å². The van der Waals surface area contributed by atoms with Crippen LogP contribution in [0.1, 0.15) is 19.8 Å². The fourth-order valence-electron chi connectivity index (χ4n) is 2.70. The second kappa shape index (κ2) is 5.93. The molecule has 102 valence electrons. The van der Waals surface area contributed by atoms with E-state index in [0.717, 1.165) is 18.1 Å². The molecule has 2 N–H and O–H groups in total. The zero-order chi connectivity index (χ0) is 13.1. The maximum Gasteiger partial charge on any atom is 0.308 e. The summed E-state index contributed by atoms with van der Waals surface area (Å²) >= 11 is 1.87. The van der Waals surface area contributed by atoms with Gasteiger partial charge in [0.15, 0.2) is 0 Å². The topological polar surface area (TPSA) is 69.6 Å². The number of hydrogen-bond acceptors (Lipinski definition) is 4. The molecule has 3 unspecified atom stereocenters. The summed E-state index contributed by atoms with van der Waals surface area (Å²) in [4.78, 5) is 24.9. The van der Waals surface area contributed by atoms with Gasteiger partial charge in [-0.15, -0.1) is 0 Å². The molecule has 2 aliphatic heterocycles. The highest BCUT2D eigenvalue weighted by Crippen LogP contribution is 2.25. The molecule has 3 atom stereocenters. The van der Waals surface area contributed by atoms with Crippen LogP contribution in [0.3, 0.4) is 0 Å². The van der Waals surface area contributed by atoms with E-state index < -0.39 is 11.9 Å². The molecule has 0 aliphatic carbocycles. The molecule has 0 aromatic heterocycles. The largest absolute Gasteiger partial charge is 0.481 e. The number of amides is 1. The summed E-state index contributed by atoms with van der Waals surface area (Å²) in [5.41, 5.74) is 0. The van der Waals surface area contributed by atoms with Crippen molar-refractivity contribution >= 4 is 23.6 Å². The van der Waals surface area contributed by atoms with Crippen LogP contribution >= 0.6 is 11.8 Å². The number of nitrogens with one attached hydrogen (secondary N) is 1. The molecule has 2 saturated heterocycles. The van der Waals surface area contributed by atoms with E-state index in [9.17, 15) is 9.59 Å². The molecule has 6 heteroatoms. The molecule has 2 heterocycles. The van der Waals surface area contributed by atoms with Crippen LogP contribution in [0.2, 0.25) is 0 Å². The van der Waals surface area contributed by atoms with Crippen LogP contribution in [-0.4, -0.2) is 58.6 Å². The predicted octanol–water partition coefficient (Wildman–Crippen LogP) is 0.403. The number of carbonyl (C=O) groups excluding carboxylic acids is 1. The van der Waals surface area contributed by atoms with Crippen LogP contribution in [-0.2, 0) is 9.59 Å². The first-order valence-electron chi connectivity index (χ1n) is 6.43. The van der Waals surface area contributed by atoms with Crippen molar-refractivity contribution in [3.8, 4) is 0 Å². The Hall–Kier alpha value is -0.750. The number of thioether (sulfide) groups is 1. The van der Waals surface area contributed by atoms with E-state index in [1.807, 2.05) is 18.7 Å². The minimum Gasteiger partial charge on any atom is -0.481 e. The third-order valence-electron chi connectivity index (χ3n) is 3.81. The van der Waals surface area contributed by atoms with Gasteiger partial charge in [-0.2, -0.15) is 11.8 Å². The average Bonchev–Trinajstić information content (AvgIpc) is 2.72. The molecule has 2 aliphatic rings. The van der Waals surface area contributed by atoms with Crippen molar-refractivity contribution in [3.05, 3.63) is 0 Å². The summed E-state index contributed by atoms with van der Waals surface area (Å²) < 4.78 is 0. The maximum absolute atomic E-state index is 12.2. The second-order valence-electron chi connectivity index (χ2n) is 4.99. The van der Waals surface area contributed by atoms with Gasteiger partial charge in [-0.1, -0.05) is 0 Å². The Balaban J connectivity index is 1.87. The van der Waals surface area contributed by atoms with E-state index in [0.29, 0.717) is 19.4 Å². The molecule has 2 rings (SSSR count). The lowest BCUT2D eigenvalue weighted by molar-refractivity contribution is -0.143. The zero-order valence-electron chi connectivity index (χ0n) is 10.6. The molecule has 0 radical (unpaired) electrons. The van der Waals surface area contributed by atoms with Crippen molar-refractivity contribution < 1.29 is 14.7 Å². The Morgan fingerprint density at radius 2 is 2.28 bits per heavy atom. The van der Waals surface area contributed by atoms with Gasteiger partial charge >= 0.3 is 5.97 Å². The number of carbonyl (C=O) groups is 2. The third-order valence-corrected chi connectivity index (χ3v) is 4.94. The summed E-state index contributed by atoms with van der Waals surface area (Å²) in [6.45, 7) is 3.37. The first kappa shape index (κ1) is 13.7. The highest BCUT2D eigenvalue weighted by atomic mass is 32.2. The Kier molecular flexibility index (Phi) is 4.50. The van der Waals surface area contributed by atoms with Crippen molar-refractivity contribution in [3.63, 3.8) is 0 Å². The Bertz CT molecular complexity index is 331. The van der Waals surface area contributed by atoms with Crippen LogP contribution < -0.4 is 5.32 Å². The minimum absolute atomic E-state index is 0.0891. The van der Waals surface area contributed by atoms with Crippen molar-refractivity contribution in [1.29, 1.82) is 0 Å². The molecule has 2 fully saturated rings. The molecular weight excluding hydrogens is 252 g/mol. The Morgan fingerprint density at radius 1 is 1.50 bits per heavy atom. The number of nitrogens with zero attached hydrogens (tertiary/aromatic N) is 1. The van der Waals surface area contributed by atoms with Gasteiger partial charge in [0.05, 0.1) is 5.92 Å². The van der Waals surface area contributed by atoms with Crippen LogP contribution in [0.5, 0.6) is 0 Å². The summed E-state index contributed by atoms with van der Waals surface area (Å²) in [5, 5.41) is 12.4. The van der Waals surface area contributed by atoms with Crippen molar-refractivity contribution in [2.24, 2.45) is 5.92 Å². The number of likely N-dealkylation sites (tertiary alicyclic amines) is 1.